The number of nitrogens with one attached hydrogen (secondary N) is 1. The Hall–Kier alpha value is -1.03. The van der Waals surface area contributed by atoms with E-state index in [0.29, 0.717) is 5.96 Å². The molecule has 1 aromatic rings. The van der Waals surface area contributed by atoms with Crippen molar-refractivity contribution >= 4 is 21.9 Å². The van der Waals surface area contributed by atoms with Gasteiger partial charge in [-0.15, -0.1) is 0 Å². The van der Waals surface area contributed by atoms with Gasteiger partial charge in [0.25, 0.3) is 0 Å². The molecule has 16 heavy (non-hydrogen) atoms. The van der Waals surface area contributed by atoms with Crippen molar-refractivity contribution in [1.29, 1.82) is 0 Å². The average molecular weight is 280 g/mol. The van der Waals surface area contributed by atoms with Crippen molar-refractivity contribution in [3.63, 3.8) is 0 Å². The lowest BCUT2D eigenvalue weighted by Crippen LogP contribution is -2.51. The van der Waals surface area contributed by atoms with Gasteiger partial charge in [-0.25, -0.2) is 0 Å². The molecule has 0 radical (unpaired) electrons. The Morgan fingerprint density at radius 1 is 1.44 bits per heavy atom. The van der Waals surface area contributed by atoms with Crippen LogP contribution >= 0.6 is 15.9 Å². The normalized spacial score (nSPS) is 27.4. The highest BCUT2D eigenvalue weighted by Crippen LogP contribution is 2.34. The molecule has 1 unspecified atom stereocenters. The Labute approximate surface area is 103 Å². The van der Waals surface area contributed by atoms with E-state index in [4.69, 9.17) is 5.73 Å². The zero-order valence-corrected chi connectivity index (χ0v) is 10.5. The Kier molecular flexibility index (Phi) is 2.21. The Bertz CT molecular complexity index is 469. The summed E-state index contributed by atoms with van der Waals surface area (Å²) in [4.78, 5) is 4.28. The average Bonchev–Trinajstić information content (AvgIpc) is 2.62. The SMILES string of the molecule is NC1=NCC2(CCc3cccc(Br)c3C2)N1. The van der Waals surface area contributed by atoms with Crippen LogP contribution in [0.4, 0.5) is 0 Å². The minimum Gasteiger partial charge on any atom is -0.370 e. The molecule has 1 heterocycles. The second kappa shape index (κ2) is 3.48. The zero-order valence-electron chi connectivity index (χ0n) is 8.96. The van der Waals surface area contributed by atoms with Gasteiger partial charge in [-0.3, -0.25) is 4.99 Å². The lowest BCUT2D eigenvalue weighted by atomic mass is 9.78. The highest BCUT2D eigenvalue weighted by Gasteiger charge is 2.38. The lowest BCUT2D eigenvalue weighted by molar-refractivity contribution is 0.361. The second-order valence-electron chi connectivity index (χ2n) is 4.66. The first kappa shape index (κ1) is 10.1. The first-order valence-corrected chi connectivity index (χ1v) is 6.32. The molecule has 0 amide bonds. The Morgan fingerprint density at radius 2 is 2.31 bits per heavy atom. The second-order valence-corrected chi connectivity index (χ2v) is 5.52. The highest BCUT2D eigenvalue weighted by molar-refractivity contribution is 9.10. The molecule has 3 nitrogen and oxygen atoms in total. The third kappa shape index (κ3) is 1.52. The Balaban J connectivity index is 1.95. The van der Waals surface area contributed by atoms with E-state index < -0.39 is 0 Å². The number of aliphatic imine (C=N–C) groups is 1. The number of halogens is 1. The minimum atomic E-state index is 0.0704. The predicted molar refractivity (Wildman–Crippen MR) is 68.5 cm³/mol. The van der Waals surface area contributed by atoms with Crippen LogP contribution in [0.1, 0.15) is 17.5 Å². The van der Waals surface area contributed by atoms with Crippen molar-refractivity contribution in [3.8, 4) is 0 Å². The van der Waals surface area contributed by atoms with Crippen LogP contribution in [0.3, 0.4) is 0 Å². The van der Waals surface area contributed by atoms with Gasteiger partial charge in [-0.2, -0.15) is 0 Å². The molecule has 3 N–H and O–H groups in total. The Morgan fingerprint density at radius 3 is 3.06 bits per heavy atom. The lowest BCUT2D eigenvalue weighted by Gasteiger charge is -2.35. The van der Waals surface area contributed by atoms with Crippen LogP contribution in [0, 0.1) is 0 Å². The molecule has 0 saturated heterocycles. The summed E-state index contributed by atoms with van der Waals surface area (Å²) in [5.41, 5.74) is 8.66. The van der Waals surface area contributed by atoms with Crippen molar-refractivity contribution in [3.05, 3.63) is 33.8 Å². The molecule has 1 spiro atoms. The van der Waals surface area contributed by atoms with Crippen LogP contribution in [0.2, 0.25) is 0 Å². The van der Waals surface area contributed by atoms with Gasteiger partial charge >= 0.3 is 0 Å². The van der Waals surface area contributed by atoms with Crippen molar-refractivity contribution in [2.75, 3.05) is 6.54 Å². The molecule has 0 saturated carbocycles. The monoisotopic (exact) mass is 279 g/mol. The van der Waals surface area contributed by atoms with E-state index in [1.807, 2.05) is 0 Å². The van der Waals surface area contributed by atoms with Crippen molar-refractivity contribution in [2.45, 2.75) is 24.8 Å². The van der Waals surface area contributed by atoms with Gasteiger partial charge in [0.1, 0.15) is 0 Å². The molecule has 1 aromatic carbocycles. The molecular formula is C12H14BrN3. The number of nitrogens with zero attached hydrogens (tertiary/aromatic N) is 1. The van der Waals surface area contributed by atoms with Gasteiger partial charge in [0.15, 0.2) is 5.96 Å². The van der Waals surface area contributed by atoms with Crippen LogP contribution in [0.15, 0.2) is 27.7 Å². The number of aryl methyl sites for hydroxylation is 1. The molecule has 1 aliphatic carbocycles. The zero-order chi connectivity index (χ0) is 11.2. The fourth-order valence-corrected chi connectivity index (χ4v) is 3.21. The van der Waals surface area contributed by atoms with Crippen LogP contribution in [-0.2, 0) is 12.8 Å². The van der Waals surface area contributed by atoms with E-state index in [9.17, 15) is 0 Å². The van der Waals surface area contributed by atoms with Crippen molar-refractivity contribution in [2.24, 2.45) is 10.7 Å². The fourth-order valence-electron chi connectivity index (χ4n) is 2.67. The maximum absolute atomic E-state index is 5.73. The molecule has 3 rings (SSSR count). The smallest absolute Gasteiger partial charge is 0.189 e. The van der Waals surface area contributed by atoms with E-state index in [-0.39, 0.29) is 5.54 Å². The van der Waals surface area contributed by atoms with Crippen LogP contribution < -0.4 is 11.1 Å². The predicted octanol–water partition coefficient (Wildman–Crippen LogP) is 1.59. The van der Waals surface area contributed by atoms with Crippen LogP contribution in [0.5, 0.6) is 0 Å². The summed E-state index contributed by atoms with van der Waals surface area (Å²) in [5.74, 6) is 0.593. The van der Waals surface area contributed by atoms with Gasteiger partial charge in [0.2, 0.25) is 0 Å². The number of hydrogen-bond acceptors (Lipinski definition) is 3. The van der Waals surface area contributed by atoms with Gasteiger partial charge in [-0.1, -0.05) is 28.1 Å². The van der Waals surface area contributed by atoms with Crippen LogP contribution in [-0.4, -0.2) is 18.0 Å². The number of hydrogen-bond donors (Lipinski definition) is 2. The molecule has 0 bridgehead atoms. The summed E-state index contributed by atoms with van der Waals surface area (Å²) in [7, 11) is 0. The number of nitrogens with two attached hydrogens (primary N) is 1. The molecular weight excluding hydrogens is 266 g/mol. The summed E-state index contributed by atoms with van der Waals surface area (Å²) in [5, 5.41) is 3.34. The first-order chi connectivity index (χ1) is 7.69. The quantitative estimate of drug-likeness (QED) is 0.758. The van der Waals surface area contributed by atoms with E-state index in [0.717, 1.165) is 25.8 Å². The van der Waals surface area contributed by atoms with Crippen molar-refractivity contribution < 1.29 is 0 Å². The number of benzene rings is 1. The number of guanidine groups is 1. The fraction of sp³-hybridized carbons (Fsp3) is 0.417. The largest absolute Gasteiger partial charge is 0.370 e. The van der Waals surface area contributed by atoms with Gasteiger partial charge in [0, 0.05) is 4.47 Å². The van der Waals surface area contributed by atoms with Crippen molar-refractivity contribution in [1.82, 2.24) is 5.32 Å². The molecule has 1 atom stereocenters. The summed E-state index contributed by atoms with van der Waals surface area (Å²) < 4.78 is 1.20. The topological polar surface area (TPSA) is 50.4 Å². The maximum Gasteiger partial charge on any atom is 0.189 e. The van der Waals surface area contributed by atoms with E-state index in [2.05, 4.69) is 44.4 Å². The van der Waals surface area contributed by atoms with E-state index >= 15 is 0 Å². The summed E-state index contributed by atoms with van der Waals surface area (Å²) >= 11 is 3.63. The molecule has 4 heteroatoms. The van der Waals surface area contributed by atoms with Gasteiger partial charge in [-0.05, 0) is 36.5 Å². The first-order valence-electron chi connectivity index (χ1n) is 5.53. The summed E-state index contributed by atoms with van der Waals surface area (Å²) in [6.07, 6.45) is 3.22. The summed E-state index contributed by atoms with van der Waals surface area (Å²) in [6.45, 7) is 0.805. The molecule has 1 aliphatic heterocycles. The van der Waals surface area contributed by atoms with Gasteiger partial charge < -0.3 is 11.1 Å². The van der Waals surface area contributed by atoms with Gasteiger partial charge in [0.05, 0.1) is 12.1 Å². The highest BCUT2D eigenvalue weighted by atomic mass is 79.9. The third-order valence-corrected chi connectivity index (χ3v) is 4.29. The van der Waals surface area contributed by atoms with E-state index in [1.54, 1.807) is 0 Å². The number of rotatable bonds is 0. The van der Waals surface area contributed by atoms with E-state index in [1.165, 1.54) is 15.6 Å². The minimum absolute atomic E-state index is 0.0704. The molecule has 2 aliphatic rings. The third-order valence-electron chi connectivity index (χ3n) is 3.55. The molecule has 84 valence electrons. The molecule has 0 aromatic heterocycles. The number of fused-ring (bicyclic) bond motifs is 1. The standard InChI is InChI=1S/C12H14BrN3/c13-10-3-1-2-8-4-5-12(6-9(8)10)7-15-11(14)16-12/h1-3H,4-7H2,(H3,14,15,16). The van der Waals surface area contributed by atoms with Crippen LogP contribution in [0.25, 0.3) is 0 Å². The molecule has 0 fully saturated rings. The summed E-state index contributed by atoms with van der Waals surface area (Å²) in [6, 6.07) is 6.43. The maximum atomic E-state index is 5.73.